The summed E-state index contributed by atoms with van der Waals surface area (Å²) in [6.45, 7) is 8.26. The summed E-state index contributed by atoms with van der Waals surface area (Å²) in [5.74, 6) is 0.758. The van der Waals surface area contributed by atoms with Crippen LogP contribution >= 0.6 is 0 Å². The van der Waals surface area contributed by atoms with E-state index in [0.717, 1.165) is 31.6 Å². The van der Waals surface area contributed by atoms with Gasteiger partial charge in [-0.05, 0) is 37.0 Å². The first kappa shape index (κ1) is 13.5. The Hall–Kier alpha value is -0.550. The van der Waals surface area contributed by atoms with Crippen LogP contribution in [0.3, 0.4) is 0 Å². The number of aliphatic hydroxyl groups excluding tert-OH is 1. The Bertz CT molecular complexity index is 263. The maximum absolute atomic E-state index is 10.4. The minimum atomic E-state index is -0.511. The number of nitriles is 1. The van der Waals surface area contributed by atoms with Crippen molar-refractivity contribution in [1.29, 1.82) is 5.26 Å². The number of hydrogen-bond acceptors (Lipinski definition) is 2. The predicted octanol–water partition coefficient (Wildman–Crippen LogP) is 3.50. The summed E-state index contributed by atoms with van der Waals surface area (Å²) in [5.41, 5.74) is -0.696. The molecule has 92 valence electrons. The first-order valence-corrected chi connectivity index (χ1v) is 6.45. The number of nitrogens with zero attached hydrogens (tertiary/aromatic N) is 1. The van der Waals surface area contributed by atoms with Gasteiger partial charge in [-0.15, -0.1) is 0 Å². The molecule has 0 aromatic carbocycles. The first-order chi connectivity index (χ1) is 7.35. The van der Waals surface area contributed by atoms with Gasteiger partial charge in [0.15, 0.2) is 0 Å². The predicted molar refractivity (Wildman–Crippen MR) is 65.8 cm³/mol. The van der Waals surface area contributed by atoms with Gasteiger partial charge in [-0.3, -0.25) is 0 Å². The summed E-state index contributed by atoms with van der Waals surface area (Å²) in [6, 6.07) is 2.42. The second-order valence-corrected chi connectivity index (χ2v) is 6.39. The molecule has 2 heteroatoms. The van der Waals surface area contributed by atoms with Crippen LogP contribution in [0.1, 0.15) is 59.8 Å². The van der Waals surface area contributed by atoms with Gasteiger partial charge in [0.2, 0.25) is 0 Å². The maximum Gasteiger partial charge on any atom is 0.0837 e. The van der Waals surface area contributed by atoms with Crippen LogP contribution in [0.25, 0.3) is 0 Å². The molecule has 1 saturated carbocycles. The van der Waals surface area contributed by atoms with Crippen molar-refractivity contribution in [1.82, 2.24) is 0 Å². The molecule has 1 fully saturated rings. The number of aliphatic hydroxyl groups is 1. The monoisotopic (exact) mass is 223 g/mol. The highest BCUT2D eigenvalue weighted by molar-refractivity contribution is 5.08. The third-order valence-electron chi connectivity index (χ3n) is 4.14. The van der Waals surface area contributed by atoms with Crippen molar-refractivity contribution in [2.24, 2.45) is 16.7 Å². The Morgan fingerprint density at radius 3 is 2.19 bits per heavy atom. The average molecular weight is 223 g/mol. The third kappa shape index (κ3) is 2.58. The Morgan fingerprint density at radius 2 is 1.88 bits per heavy atom. The topological polar surface area (TPSA) is 44.0 Å². The van der Waals surface area contributed by atoms with Crippen LogP contribution in [0.15, 0.2) is 0 Å². The molecule has 0 aromatic rings. The fourth-order valence-electron chi connectivity index (χ4n) is 2.88. The summed E-state index contributed by atoms with van der Waals surface area (Å²) in [4.78, 5) is 0. The normalized spacial score (nSPS) is 33.1. The Balaban J connectivity index is 2.78. The van der Waals surface area contributed by atoms with Gasteiger partial charge in [0.05, 0.1) is 17.6 Å². The zero-order valence-electron chi connectivity index (χ0n) is 11.1. The van der Waals surface area contributed by atoms with Crippen molar-refractivity contribution in [3.8, 4) is 6.07 Å². The fourth-order valence-corrected chi connectivity index (χ4v) is 2.88. The van der Waals surface area contributed by atoms with Crippen molar-refractivity contribution in [3.63, 3.8) is 0 Å². The second kappa shape index (κ2) is 4.75. The van der Waals surface area contributed by atoms with Gasteiger partial charge in [-0.1, -0.05) is 34.1 Å². The van der Waals surface area contributed by atoms with E-state index in [0.29, 0.717) is 0 Å². The van der Waals surface area contributed by atoms with Gasteiger partial charge >= 0.3 is 0 Å². The fraction of sp³-hybridized carbons (Fsp3) is 0.929. The molecule has 1 rings (SSSR count). The summed E-state index contributed by atoms with van der Waals surface area (Å²) >= 11 is 0. The lowest BCUT2D eigenvalue weighted by molar-refractivity contribution is -0.0450. The van der Waals surface area contributed by atoms with E-state index in [1.807, 2.05) is 20.8 Å². The lowest BCUT2D eigenvalue weighted by Crippen LogP contribution is -2.45. The summed E-state index contributed by atoms with van der Waals surface area (Å²) in [6.07, 6.45) is 4.60. The van der Waals surface area contributed by atoms with Crippen molar-refractivity contribution in [2.75, 3.05) is 0 Å². The van der Waals surface area contributed by atoms with Crippen molar-refractivity contribution in [3.05, 3.63) is 0 Å². The van der Waals surface area contributed by atoms with Gasteiger partial charge in [0, 0.05) is 0 Å². The van der Waals surface area contributed by atoms with E-state index in [2.05, 4.69) is 13.0 Å². The molecule has 0 bridgehead atoms. The molecule has 0 saturated heterocycles. The zero-order valence-corrected chi connectivity index (χ0v) is 11.1. The highest BCUT2D eigenvalue weighted by atomic mass is 16.3. The highest BCUT2D eigenvalue weighted by Crippen LogP contribution is 2.46. The minimum Gasteiger partial charge on any atom is -0.391 e. The van der Waals surface area contributed by atoms with Crippen LogP contribution in [-0.2, 0) is 0 Å². The number of hydrogen-bond donors (Lipinski definition) is 1. The van der Waals surface area contributed by atoms with Gasteiger partial charge < -0.3 is 5.11 Å². The summed E-state index contributed by atoms with van der Waals surface area (Å²) in [7, 11) is 0. The Kier molecular flexibility index (Phi) is 4.02. The second-order valence-electron chi connectivity index (χ2n) is 6.39. The molecule has 0 radical (unpaired) electrons. The minimum absolute atomic E-state index is 0.200. The van der Waals surface area contributed by atoms with Crippen LogP contribution in [0.2, 0.25) is 0 Å². The third-order valence-corrected chi connectivity index (χ3v) is 4.14. The summed E-state index contributed by atoms with van der Waals surface area (Å²) < 4.78 is 0. The van der Waals surface area contributed by atoms with Crippen LogP contribution in [0.4, 0.5) is 0 Å². The molecule has 0 spiro atoms. The molecule has 2 nitrogen and oxygen atoms in total. The molecule has 0 aliphatic heterocycles. The van der Waals surface area contributed by atoms with Crippen LogP contribution < -0.4 is 0 Å². The van der Waals surface area contributed by atoms with Crippen molar-refractivity contribution in [2.45, 2.75) is 65.9 Å². The van der Waals surface area contributed by atoms with E-state index < -0.39 is 11.5 Å². The SMILES string of the molecule is CCC1CCC(C#N)(C(O)C(C)(C)C)CC1. The van der Waals surface area contributed by atoms with Crippen LogP contribution in [0, 0.1) is 28.1 Å². The Labute approximate surface area is 99.7 Å². The van der Waals surface area contributed by atoms with Crippen molar-refractivity contribution >= 4 is 0 Å². The molecular weight excluding hydrogens is 198 g/mol. The standard InChI is InChI=1S/C14H25NO/c1-5-11-6-8-14(10-15,9-7-11)12(16)13(2,3)4/h11-12,16H,5-9H2,1-4H3. The molecule has 1 aliphatic carbocycles. The zero-order chi connectivity index (χ0) is 12.4. The van der Waals surface area contributed by atoms with Crippen LogP contribution in [0.5, 0.6) is 0 Å². The largest absolute Gasteiger partial charge is 0.391 e. The van der Waals surface area contributed by atoms with Gasteiger partial charge in [-0.2, -0.15) is 5.26 Å². The van der Waals surface area contributed by atoms with E-state index in [1.165, 1.54) is 6.42 Å². The van der Waals surface area contributed by atoms with E-state index in [1.54, 1.807) is 0 Å². The smallest absolute Gasteiger partial charge is 0.0837 e. The van der Waals surface area contributed by atoms with Gasteiger partial charge in [0.1, 0.15) is 0 Å². The Morgan fingerprint density at radius 1 is 1.38 bits per heavy atom. The average Bonchev–Trinajstić information content (AvgIpc) is 2.27. The lowest BCUT2D eigenvalue weighted by Gasteiger charge is -2.43. The van der Waals surface area contributed by atoms with Crippen LogP contribution in [-0.4, -0.2) is 11.2 Å². The van der Waals surface area contributed by atoms with Gasteiger partial charge in [-0.25, -0.2) is 0 Å². The molecule has 1 unspecified atom stereocenters. The number of rotatable bonds is 2. The molecule has 0 aromatic heterocycles. The van der Waals surface area contributed by atoms with E-state index >= 15 is 0 Å². The molecular formula is C14H25NO. The van der Waals surface area contributed by atoms with E-state index in [-0.39, 0.29) is 5.41 Å². The van der Waals surface area contributed by atoms with E-state index in [4.69, 9.17) is 0 Å². The quantitative estimate of drug-likeness (QED) is 0.778. The molecule has 1 N–H and O–H groups in total. The maximum atomic E-state index is 10.4. The molecule has 1 atom stereocenters. The molecule has 0 amide bonds. The lowest BCUT2D eigenvalue weighted by atomic mass is 9.62. The first-order valence-electron chi connectivity index (χ1n) is 6.45. The highest BCUT2D eigenvalue weighted by Gasteiger charge is 2.46. The van der Waals surface area contributed by atoms with E-state index in [9.17, 15) is 10.4 Å². The molecule has 16 heavy (non-hydrogen) atoms. The van der Waals surface area contributed by atoms with Gasteiger partial charge in [0.25, 0.3) is 0 Å². The van der Waals surface area contributed by atoms with Crippen molar-refractivity contribution < 1.29 is 5.11 Å². The summed E-state index contributed by atoms with van der Waals surface area (Å²) in [5, 5.41) is 19.8. The molecule has 0 heterocycles. The molecule has 1 aliphatic rings.